The van der Waals surface area contributed by atoms with Crippen LogP contribution < -0.4 is 4.90 Å². The van der Waals surface area contributed by atoms with Crippen LogP contribution in [0.1, 0.15) is 48.5 Å². The van der Waals surface area contributed by atoms with Crippen LogP contribution in [-0.4, -0.2) is 52.7 Å². The number of amides is 1. The van der Waals surface area contributed by atoms with Crippen LogP contribution >= 0.6 is 0 Å². The number of nitrogens with zero attached hydrogens (tertiary/aromatic N) is 5. The molecule has 2 unspecified atom stereocenters. The van der Waals surface area contributed by atoms with Crippen LogP contribution in [0.15, 0.2) is 22.9 Å². The zero-order valence-corrected chi connectivity index (χ0v) is 17.0. The normalized spacial score (nSPS) is 21.9. The SMILES string of the molecule is Cc1noc(C)c1C(C)OCC(=O)N1CC2CC[C@@H](C1)N2c1ccc(C#N)cn1. The summed E-state index contributed by atoms with van der Waals surface area (Å²) in [7, 11) is 0. The van der Waals surface area contributed by atoms with Gasteiger partial charge in [0.2, 0.25) is 5.91 Å². The number of carbonyl (C=O) groups is 1. The first-order chi connectivity index (χ1) is 14.0. The number of carbonyl (C=O) groups excluding carboxylic acids is 1. The van der Waals surface area contributed by atoms with Gasteiger partial charge < -0.3 is 19.1 Å². The maximum atomic E-state index is 12.8. The van der Waals surface area contributed by atoms with E-state index in [0.717, 1.165) is 35.7 Å². The van der Waals surface area contributed by atoms with Gasteiger partial charge >= 0.3 is 0 Å². The molecule has 0 spiro atoms. The predicted molar refractivity (Wildman–Crippen MR) is 105 cm³/mol. The highest BCUT2D eigenvalue weighted by Crippen LogP contribution is 2.34. The number of anilines is 1. The Kier molecular flexibility index (Phi) is 5.24. The van der Waals surface area contributed by atoms with Crippen LogP contribution in [0.5, 0.6) is 0 Å². The third-order valence-corrected chi connectivity index (χ3v) is 5.93. The lowest BCUT2D eigenvalue weighted by Crippen LogP contribution is -2.56. The van der Waals surface area contributed by atoms with E-state index in [1.165, 1.54) is 0 Å². The number of aromatic nitrogens is 2. The van der Waals surface area contributed by atoms with Crippen LogP contribution in [0.4, 0.5) is 5.82 Å². The molecule has 2 saturated heterocycles. The lowest BCUT2D eigenvalue weighted by molar-refractivity contribution is -0.139. The number of hydrogen-bond donors (Lipinski definition) is 0. The molecule has 2 aliphatic rings. The second-order valence-corrected chi connectivity index (χ2v) is 7.80. The number of piperazine rings is 1. The van der Waals surface area contributed by atoms with E-state index in [0.29, 0.717) is 18.7 Å². The minimum atomic E-state index is -0.244. The van der Waals surface area contributed by atoms with Crippen molar-refractivity contribution in [2.75, 3.05) is 24.6 Å². The second-order valence-electron chi connectivity index (χ2n) is 7.80. The first-order valence-electron chi connectivity index (χ1n) is 9.94. The topological polar surface area (TPSA) is 95.5 Å². The van der Waals surface area contributed by atoms with Crippen LogP contribution in [0, 0.1) is 25.2 Å². The quantitative estimate of drug-likeness (QED) is 0.767. The largest absolute Gasteiger partial charge is 0.364 e. The van der Waals surface area contributed by atoms with E-state index in [1.807, 2.05) is 31.7 Å². The molecule has 152 valence electrons. The highest BCUT2D eigenvalue weighted by atomic mass is 16.5. The Morgan fingerprint density at radius 1 is 1.34 bits per heavy atom. The number of pyridine rings is 1. The van der Waals surface area contributed by atoms with E-state index in [2.05, 4.69) is 21.1 Å². The Hall–Kier alpha value is -2.92. The van der Waals surface area contributed by atoms with E-state index in [4.69, 9.17) is 14.5 Å². The molecule has 4 heterocycles. The molecule has 2 aromatic rings. The van der Waals surface area contributed by atoms with Crippen molar-refractivity contribution in [1.29, 1.82) is 5.26 Å². The van der Waals surface area contributed by atoms with Crippen molar-refractivity contribution in [3.63, 3.8) is 0 Å². The minimum Gasteiger partial charge on any atom is -0.364 e. The average Bonchev–Trinajstić information content (AvgIpc) is 3.20. The third-order valence-electron chi connectivity index (χ3n) is 5.93. The van der Waals surface area contributed by atoms with Gasteiger partial charge in [-0.3, -0.25) is 4.79 Å². The van der Waals surface area contributed by atoms with Gasteiger partial charge in [0.1, 0.15) is 24.3 Å². The molecule has 4 rings (SSSR count). The Balaban J connectivity index is 1.37. The van der Waals surface area contributed by atoms with Crippen molar-refractivity contribution in [2.45, 2.75) is 51.8 Å². The van der Waals surface area contributed by atoms with Gasteiger partial charge in [0.05, 0.1) is 17.4 Å². The summed E-state index contributed by atoms with van der Waals surface area (Å²) in [6.45, 7) is 7.02. The molecule has 0 aromatic carbocycles. The van der Waals surface area contributed by atoms with Crippen molar-refractivity contribution in [3.05, 3.63) is 40.9 Å². The molecule has 0 radical (unpaired) electrons. The Morgan fingerprint density at radius 3 is 2.62 bits per heavy atom. The van der Waals surface area contributed by atoms with Crippen LogP contribution in [0.2, 0.25) is 0 Å². The molecule has 8 nitrogen and oxygen atoms in total. The fourth-order valence-electron chi connectivity index (χ4n) is 4.53. The smallest absolute Gasteiger partial charge is 0.248 e. The Morgan fingerprint density at radius 2 is 2.07 bits per heavy atom. The highest BCUT2D eigenvalue weighted by molar-refractivity contribution is 5.78. The lowest BCUT2D eigenvalue weighted by atomic mass is 10.1. The Bertz CT molecular complexity index is 899. The molecular formula is C21H25N5O3. The zero-order valence-electron chi connectivity index (χ0n) is 17.0. The molecule has 2 fully saturated rings. The number of nitriles is 1. The summed E-state index contributed by atoms with van der Waals surface area (Å²) in [6.07, 6.45) is 3.43. The third kappa shape index (κ3) is 3.70. The minimum absolute atomic E-state index is 0.00736. The summed E-state index contributed by atoms with van der Waals surface area (Å²) < 4.78 is 11.0. The van der Waals surface area contributed by atoms with Gasteiger partial charge in [0.15, 0.2) is 0 Å². The van der Waals surface area contributed by atoms with E-state index in [1.54, 1.807) is 12.3 Å². The van der Waals surface area contributed by atoms with Crippen molar-refractivity contribution >= 4 is 11.7 Å². The molecule has 2 aliphatic heterocycles. The number of aryl methyl sites for hydroxylation is 2. The molecule has 0 saturated carbocycles. The maximum Gasteiger partial charge on any atom is 0.248 e. The fourth-order valence-corrected chi connectivity index (χ4v) is 4.53. The maximum absolute atomic E-state index is 12.8. The second kappa shape index (κ2) is 7.84. The van der Waals surface area contributed by atoms with Gasteiger partial charge in [-0.05, 0) is 45.7 Å². The standard InChI is InChI=1S/C21H25N5O3/c1-13-21(15(3)29-24-13)14(2)28-12-20(27)25-10-17-5-6-18(11-25)26(17)19-7-4-16(8-22)9-23-19/h4,7,9,14,17-18H,5-6,10-12H2,1-3H3/t14?,17-,18?/m0/s1. The lowest BCUT2D eigenvalue weighted by Gasteiger charge is -2.41. The average molecular weight is 395 g/mol. The van der Waals surface area contributed by atoms with E-state index in [-0.39, 0.29) is 30.7 Å². The summed E-state index contributed by atoms with van der Waals surface area (Å²) in [4.78, 5) is 21.4. The summed E-state index contributed by atoms with van der Waals surface area (Å²) in [5, 5.41) is 12.9. The molecule has 29 heavy (non-hydrogen) atoms. The number of hydrogen-bond acceptors (Lipinski definition) is 7. The van der Waals surface area contributed by atoms with Crippen molar-refractivity contribution in [3.8, 4) is 6.07 Å². The molecule has 2 bridgehead atoms. The molecular weight excluding hydrogens is 370 g/mol. The highest BCUT2D eigenvalue weighted by Gasteiger charge is 2.42. The number of ether oxygens (including phenoxy) is 1. The molecule has 0 aliphatic carbocycles. The van der Waals surface area contributed by atoms with Gasteiger partial charge in [-0.2, -0.15) is 5.26 Å². The van der Waals surface area contributed by atoms with Crippen molar-refractivity contribution in [2.24, 2.45) is 0 Å². The molecule has 8 heteroatoms. The number of fused-ring (bicyclic) bond motifs is 2. The van der Waals surface area contributed by atoms with E-state index in [9.17, 15) is 4.79 Å². The number of likely N-dealkylation sites (tertiary alicyclic amines) is 1. The summed E-state index contributed by atoms with van der Waals surface area (Å²) in [5.41, 5.74) is 2.26. The molecule has 2 aromatic heterocycles. The molecule has 0 N–H and O–H groups in total. The van der Waals surface area contributed by atoms with E-state index >= 15 is 0 Å². The van der Waals surface area contributed by atoms with Crippen LogP contribution in [0.25, 0.3) is 0 Å². The van der Waals surface area contributed by atoms with Crippen molar-refractivity contribution < 1.29 is 14.1 Å². The predicted octanol–water partition coefficient (Wildman–Crippen LogP) is 2.52. The van der Waals surface area contributed by atoms with Gasteiger partial charge in [-0.25, -0.2) is 4.98 Å². The first-order valence-corrected chi connectivity index (χ1v) is 9.94. The zero-order chi connectivity index (χ0) is 20.5. The molecule has 3 atom stereocenters. The summed E-state index contributed by atoms with van der Waals surface area (Å²) in [5.74, 6) is 1.61. The monoisotopic (exact) mass is 395 g/mol. The molecule has 1 amide bonds. The van der Waals surface area contributed by atoms with Gasteiger partial charge in [0, 0.05) is 36.9 Å². The van der Waals surface area contributed by atoms with Gasteiger partial charge in [-0.1, -0.05) is 5.16 Å². The van der Waals surface area contributed by atoms with E-state index < -0.39 is 0 Å². The summed E-state index contributed by atoms with van der Waals surface area (Å²) in [6, 6.07) is 6.29. The number of rotatable bonds is 5. The fraction of sp³-hybridized carbons (Fsp3) is 0.524. The van der Waals surface area contributed by atoms with Gasteiger partial charge in [0.25, 0.3) is 0 Å². The Labute approximate surface area is 170 Å². The van der Waals surface area contributed by atoms with Crippen molar-refractivity contribution in [1.82, 2.24) is 15.0 Å². The summed E-state index contributed by atoms with van der Waals surface area (Å²) >= 11 is 0. The first kappa shape index (κ1) is 19.4. The van der Waals surface area contributed by atoms with Crippen LogP contribution in [-0.2, 0) is 9.53 Å². The van der Waals surface area contributed by atoms with Gasteiger partial charge in [-0.15, -0.1) is 0 Å². The van der Waals surface area contributed by atoms with Crippen LogP contribution in [0.3, 0.4) is 0 Å².